The van der Waals surface area contributed by atoms with Crippen LogP contribution in [0.2, 0.25) is 0 Å². The van der Waals surface area contributed by atoms with Crippen LogP contribution in [0, 0.1) is 11.8 Å². The van der Waals surface area contributed by atoms with Gasteiger partial charge in [0.1, 0.15) is 0 Å². The van der Waals surface area contributed by atoms with Crippen LogP contribution >= 0.6 is 0 Å². The lowest BCUT2D eigenvalue weighted by atomic mass is 9.85. The van der Waals surface area contributed by atoms with E-state index in [1.807, 2.05) is 12.2 Å². The predicted molar refractivity (Wildman–Crippen MR) is 91.8 cm³/mol. The maximum absolute atomic E-state index is 12.4. The fraction of sp³-hybridized carbons (Fsp3) is 0.368. The average molecular weight is 340 g/mol. The van der Waals surface area contributed by atoms with Gasteiger partial charge in [-0.25, -0.2) is 0 Å². The zero-order valence-electron chi connectivity index (χ0n) is 14.0. The summed E-state index contributed by atoms with van der Waals surface area (Å²) in [7, 11) is 0. The van der Waals surface area contributed by atoms with Crippen LogP contribution in [0.4, 0.5) is 5.69 Å². The molecular formula is C19H20N2O4. The third kappa shape index (κ3) is 3.38. The molecule has 1 saturated heterocycles. The Bertz CT molecular complexity index is 725. The Balaban J connectivity index is 1.67. The van der Waals surface area contributed by atoms with Gasteiger partial charge in [0.25, 0.3) is 0 Å². The number of Topliss-reactive ketones (excluding diaryl/α,β-unsaturated/α-hetero) is 1. The second kappa shape index (κ2) is 7.01. The van der Waals surface area contributed by atoms with Crippen molar-refractivity contribution in [3.63, 3.8) is 0 Å². The number of fused-ring (bicyclic) bond motifs is 1. The van der Waals surface area contributed by atoms with Gasteiger partial charge in [-0.3, -0.25) is 24.1 Å². The van der Waals surface area contributed by atoms with Crippen LogP contribution in [0.1, 0.15) is 36.5 Å². The van der Waals surface area contributed by atoms with E-state index < -0.39 is 0 Å². The number of benzene rings is 1. The minimum Gasteiger partial charge on any atom is -0.326 e. The number of carbonyl (C=O) groups excluding carboxylic acids is 4. The topological polar surface area (TPSA) is 83.6 Å². The molecule has 2 aliphatic rings. The van der Waals surface area contributed by atoms with Gasteiger partial charge in [0.2, 0.25) is 17.7 Å². The predicted octanol–water partition coefficient (Wildman–Crippen LogP) is 2.17. The van der Waals surface area contributed by atoms with Gasteiger partial charge in [0.15, 0.2) is 5.78 Å². The second-order valence-corrected chi connectivity index (χ2v) is 6.32. The summed E-state index contributed by atoms with van der Waals surface area (Å²) in [6, 6.07) is 6.46. The molecule has 3 rings (SSSR count). The van der Waals surface area contributed by atoms with E-state index in [1.54, 1.807) is 31.2 Å². The standard InChI is InChI=1S/C19H20N2O4/c1-2-17(23)20-13-9-7-12(8-10-13)16(22)11-21-18(24)14-5-3-4-6-15(14)19(21)25/h3-4,7-10,14-15H,2,5-6,11H2,1H3,(H,20,23)/t14-,15+. The molecule has 1 aliphatic carbocycles. The highest BCUT2D eigenvalue weighted by Gasteiger charge is 2.47. The molecular weight excluding hydrogens is 320 g/mol. The highest BCUT2D eigenvalue weighted by atomic mass is 16.2. The van der Waals surface area contributed by atoms with Crippen molar-refractivity contribution in [2.45, 2.75) is 26.2 Å². The molecule has 6 heteroatoms. The zero-order chi connectivity index (χ0) is 18.0. The molecule has 3 amide bonds. The third-order valence-electron chi connectivity index (χ3n) is 4.71. The molecule has 1 heterocycles. The van der Waals surface area contributed by atoms with E-state index in [0.29, 0.717) is 30.5 Å². The Morgan fingerprint density at radius 3 is 2.12 bits per heavy atom. The Morgan fingerprint density at radius 1 is 1.04 bits per heavy atom. The highest BCUT2D eigenvalue weighted by Crippen LogP contribution is 2.35. The number of amides is 3. The van der Waals surface area contributed by atoms with E-state index in [0.717, 1.165) is 4.90 Å². The van der Waals surface area contributed by atoms with Crippen molar-refractivity contribution >= 4 is 29.2 Å². The first-order valence-electron chi connectivity index (χ1n) is 8.44. The number of ketones is 1. The van der Waals surface area contributed by atoms with E-state index in [4.69, 9.17) is 0 Å². The van der Waals surface area contributed by atoms with Gasteiger partial charge < -0.3 is 5.32 Å². The molecule has 1 aromatic rings. The van der Waals surface area contributed by atoms with Crippen LogP contribution in [-0.4, -0.2) is 34.9 Å². The molecule has 1 aromatic carbocycles. The van der Waals surface area contributed by atoms with Gasteiger partial charge in [-0.2, -0.15) is 0 Å². The molecule has 6 nitrogen and oxygen atoms in total. The van der Waals surface area contributed by atoms with E-state index >= 15 is 0 Å². The smallest absolute Gasteiger partial charge is 0.233 e. The summed E-state index contributed by atoms with van der Waals surface area (Å²) in [6.07, 6.45) is 5.33. The molecule has 0 radical (unpaired) electrons. The van der Waals surface area contributed by atoms with Crippen LogP contribution < -0.4 is 5.32 Å². The first kappa shape index (κ1) is 17.1. The largest absolute Gasteiger partial charge is 0.326 e. The summed E-state index contributed by atoms with van der Waals surface area (Å²) in [4.78, 5) is 49.7. The molecule has 0 saturated carbocycles. The Labute approximate surface area is 145 Å². The van der Waals surface area contributed by atoms with E-state index in [9.17, 15) is 19.2 Å². The molecule has 1 N–H and O–H groups in total. The zero-order valence-corrected chi connectivity index (χ0v) is 14.0. The van der Waals surface area contributed by atoms with Crippen LogP contribution in [0.15, 0.2) is 36.4 Å². The average Bonchev–Trinajstić information content (AvgIpc) is 2.87. The Hall–Kier alpha value is -2.76. The number of allylic oxidation sites excluding steroid dienone is 2. The molecule has 1 fully saturated rings. The summed E-state index contributed by atoms with van der Waals surface area (Å²) in [5.74, 6) is -1.54. The summed E-state index contributed by atoms with van der Waals surface area (Å²) < 4.78 is 0. The molecule has 0 unspecified atom stereocenters. The number of carbonyl (C=O) groups is 4. The molecule has 130 valence electrons. The lowest BCUT2D eigenvalue weighted by Crippen LogP contribution is -2.36. The first-order valence-corrected chi connectivity index (χ1v) is 8.44. The van der Waals surface area contributed by atoms with Crippen molar-refractivity contribution < 1.29 is 19.2 Å². The summed E-state index contributed by atoms with van der Waals surface area (Å²) in [5, 5.41) is 2.70. The number of anilines is 1. The first-order chi connectivity index (χ1) is 12.0. The third-order valence-corrected chi connectivity index (χ3v) is 4.71. The SMILES string of the molecule is CCC(=O)Nc1ccc(C(=O)CN2C(=O)[C@H]3CC=CC[C@H]3C2=O)cc1. The molecule has 25 heavy (non-hydrogen) atoms. The lowest BCUT2D eigenvalue weighted by Gasteiger charge is -2.14. The van der Waals surface area contributed by atoms with Crippen LogP contribution in [0.5, 0.6) is 0 Å². The van der Waals surface area contributed by atoms with E-state index in [-0.39, 0.29) is 41.9 Å². The Morgan fingerprint density at radius 2 is 1.60 bits per heavy atom. The van der Waals surface area contributed by atoms with Crippen LogP contribution in [-0.2, 0) is 14.4 Å². The Kier molecular flexibility index (Phi) is 4.79. The number of likely N-dealkylation sites (tertiary alicyclic amines) is 1. The molecule has 0 aromatic heterocycles. The minimum atomic E-state index is -0.322. The van der Waals surface area contributed by atoms with Gasteiger partial charge in [-0.15, -0.1) is 0 Å². The van der Waals surface area contributed by atoms with Gasteiger partial charge >= 0.3 is 0 Å². The fourth-order valence-corrected chi connectivity index (χ4v) is 3.25. The lowest BCUT2D eigenvalue weighted by molar-refractivity contribution is -0.139. The number of nitrogens with zero attached hydrogens (tertiary/aromatic N) is 1. The van der Waals surface area contributed by atoms with E-state index in [2.05, 4.69) is 5.32 Å². The molecule has 1 aliphatic heterocycles. The number of rotatable bonds is 5. The maximum Gasteiger partial charge on any atom is 0.233 e. The molecule has 2 atom stereocenters. The normalized spacial score (nSPS) is 22.0. The number of imide groups is 1. The molecule has 0 spiro atoms. The monoisotopic (exact) mass is 340 g/mol. The van der Waals surface area contributed by atoms with Crippen molar-refractivity contribution in [3.05, 3.63) is 42.0 Å². The summed E-state index contributed by atoms with van der Waals surface area (Å²) in [5.41, 5.74) is 1.01. The van der Waals surface area contributed by atoms with Gasteiger partial charge in [0.05, 0.1) is 18.4 Å². The van der Waals surface area contributed by atoms with Crippen LogP contribution in [0.3, 0.4) is 0 Å². The maximum atomic E-state index is 12.4. The van der Waals surface area contributed by atoms with Crippen molar-refractivity contribution in [3.8, 4) is 0 Å². The van der Waals surface area contributed by atoms with Crippen molar-refractivity contribution in [1.29, 1.82) is 0 Å². The molecule has 0 bridgehead atoms. The number of hydrogen-bond donors (Lipinski definition) is 1. The quantitative estimate of drug-likeness (QED) is 0.506. The minimum absolute atomic E-state index is 0.108. The van der Waals surface area contributed by atoms with Crippen molar-refractivity contribution in [2.24, 2.45) is 11.8 Å². The highest BCUT2D eigenvalue weighted by molar-refractivity contribution is 6.10. The fourth-order valence-electron chi connectivity index (χ4n) is 3.25. The van der Waals surface area contributed by atoms with Gasteiger partial charge in [0, 0.05) is 17.7 Å². The number of hydrogen-bond acceptors (Lipinski definition) is 4. The second-order valence-electron chi connectivity index (χ2n) is 6.32. The number of nitrogens with one attached hydrogen (secondary N) is 1. The summed E-state index contributed by atoms with van der Waals surface area (Å²) in [6.45, 7) is 1.52. The van der Waals surface area contributed by atoms with Crippen molar-refractivity contribution in [2.75, 3.05) is 11.9 Å². The van der Waals surface area contributed by atoms with Gasteiger partial charge in [-0.05, 0) is 37.1 Å². The van der Waals surface area contributed by atoms with E-state index in [1.165, 1.54) is 0 Å². The summed E-state index contributed by atoms with van der Waals surface area (Å²) >= 11 is 0. The van der Waals surface area contributed by atoms with Crippen molar-refractivity contribution in [1.82, 2.24) is 4.90 Å². The van der Waals surface area contributed by atoms with Gasteiger partial charge in [-0.1, -0.05) is 19.1 Å². The van der Waals surface area contributed by atoms with Crippen LogP contribution in [0.25, 0.3) is 0 Å².